The topological polar surface area (TPSA) is 43.4 Å². The lowest BCUT2D eigenvalue weighted by Gasteiger charge is -2.24. The van der Waals surface area contributed by atoms with Crippen LogP contribution in [0.25, 0.3) is 0 Å². The van der Waals surface area contributed by atoms with Gasteiger partial charge in [-0.1, -0.05) is 60.7 Å². The van der Waals surface area contributed by atoms with Crippen LogP contribution in [-0.4, -0.2) is 24.8 Å². The maximum absolute atomic E-state index is 12.5. The van der Waals surface area contributed by atoms with Crippen molar-refractivity contribution in [1.29, 1.82) is 0 Å². The molecule has 0 bridgehead atoms. The summed E-state index contributed by atoms with van der Waals surface area (Å²) in [4.78, 5) is 24.4. The second kappa shape index (κ2) is 7.66. The zero-order valence-corrected chi connectivity index (χ0v) is 12.9. The highest BCUT2D eigenvalue weighted by molar-refractivity contribution is 5.97. The molecule has 2 atom stereocenters. The van der Waals surface area contributed by atoms with Gasteiger partial charge in [-0.2, -0.15) is 0 Å². The fourth-order valence-electron chi connectivity index (χ4n) is 2.66. The Morgan fingerprint density at radius 1 is 0.955 bits per heavy atom. The largest absolute Gasteiger partial charge is 0.373 e. The molecule has 0 fully saturated rings. The van der Waals surface area contributed by atoms with Gasteiger partial charge in [0.2, 0.25) is 0 Å². The molecule has 22 heavy (non-hydrogen) atoms. The van der Waals surface area contributed by atoms with Crippen LogP contribution in [0.2, 0.25) is 0 Å². The average Bonchev–Trinajstić information content (AvgIpc) is 2.55. The lowest BCUT2D eigenvalue weighted by molar-refractivity contribution is -0.127. The van der Waals surface area contributed by atoms with Crippen LogP contribution in [0.1, 0.15) is 35.2 Å². The van der Waals surface area contributed by atoms with E-state index in [1.807, 2.05) is 48.5 Å². The summed E-state index contributed by atoms with van der Waals surface area (Å²) in [7, 11) is 1.51. The number of methoxy groups -OCH3 is 1. The van der Waals surface area contributed by atoms with Crippen LogP contribution in [0.4, 0.5) is 0 Å². The summed E-state index contributed by atoms with van der Waals surface area (Å²) in [6, 6.07) is 18.7. The highest BCUT2D eigenvalue weighted by Gasteiger charge is 2.29. The van der Waals surface area contributed by atoms with Gasteiger partial charge in [0.15, 0.2) is 11.6 Å². The molecule has 0 aromatic heterocycles. The van der Waals surface area contributed by atoms with Gasteiger partial charge in [-0.3, -0.25) is 9.59 Å². The number of rotatable bonds is 7. The molecule has 0 radical (unpaired) electrons. The van der Waals surface area contributed by atoms with Crippen molar-refractivity contribution in [2.24, 2.45) is 0 Å². The van der Waals surface area contributed by atoms with E-state index in [2.05, 4.69) is 0 Å². The second-order valence-corrected chi connectivity index (χ2v) is 5.28. The molecule has 0 spiro atoms. The summed E-state index contributed by atoms with van der Waals surface area (Å²) in [6.07, 6.45) is -0.374. The van der Waals surface area contributed by atoms with E-state index in [-0.39, 0.29) is 23.9 Å². The highest BCUT2D eigenvalue weighted by Crippen LogP contribution is 2.27. The van der Waals surface area contributed by atoms with Crippen molar-refractivity contribution in [3.63, 3.8) is 0 Å². The van der Waals surface area contributed by atoms with E-state index < -0.39 is 6.10 Å². The van der Waals surface area contributed by atoms with Crippen LogP contribution >= 0.6 is 0 Å². The molecule has 0 aliphatic carbocycles. The number of hydrogen-bond acceptors (Lipinski definition) is 3. The number of carbonyl (C=O) groups excluding carboxylic acids is 2. The number of benzene rings is 2. The minimum atomic E-state index is -0.616. The van der Waals surface area contributed by atoms with Gasteiger partial charge in [0.1, 0.15) is 6.10 Å². The van der Waals surface area contributed by atoms with Crippen molar-refractivity contribution < 1.29 is 14.3 Å². The Morgan fingerprint density at radius 3 is 2.00 bits per heavy atom. The number of ketones is 2. The normalized spacial score (nSPS) is 13.4. The molecule has 3 nitrogen and oxygen atoms in total. The lowest BCUT2D eigenvalue weighted by atomic mass is 9.85. The van der Waals surface area contributed by atoms with Gasteiger partial charge in [-0.05, 0) is 12.5 Å². The summed E-state index contributed by atoms with van der Waals surface area (Å²) in [5.74, 6) is -0.341. The van der Waals surface area contributed by atoms with Crippen molar-refractivity contribution in [3.05, 3.63) is 71.8 Å². The fraction of sp³-hybridized carbons (Fsp3) is 0.263. The molecular weight excluding hydrogens is 276 g/mol. The van der Waals surface area contributed by atoms with E-state index in [1.165, 1.54) is 14.0 Å². The Bertz CT molecular complexity index is 620. The predicted molar refractivity (Wildman–Crippen MR) is 86.1 cm³/mol. The number of Topliss-reactive ketones (excluding diaryl/α,β-unsaturated/α-hetero) is 2. The lowest BCUT2D eigenvalue weighted by Crippen LogP contribution is -2.30. The van der Waals surface area contributed by atoms with Gasteiger partial charge < -0.3 is 4.74 Å². The second-order valence-electron chi connectivity index (χ2n) is 5.28. The van der Waals surface area contributed by atoms with Crippen LogP contribution in [0.5, 0.6) is 0 Å². The summed E-state index contributed by atoms with van der Waals surface area (Å²) in [5, 5.41) is 0. The van der Waals surface area contributed by atoms with E-state index in [0.717, 1.165) is 5.56 Å². The smallest absolute Gasteiger partial charge is 0.163 e. The van der Waals surface area contributed by atoms with E-state index in [0.29, 0.717) is 5.56 Å². The fourth-order valence-corrected chi connectivity index (χ4v) is 2.66. The van der Waals surface area contributed by atoms with Crippen molar-refractivity contribution in [2.75, 3.05) is 7.11 Å². The predicted octanol–water partition coefficient (Wildman–Crippen LogP) is 3.65. The molecule has 2 aromatic carbocycles. The molecule has 2 rings (SSSR count). The van der Waals surface area contributed by atoms with Crippen LogP contribution < -0.4 is 0 Å². The van der Waals surface area contributed by atoms with Gasteiger partial charge in [-0.25, -0.2) is 0 Å². The Morgan fingerprint density at radius 2 is 1.50 bits per heavy atom. The van der Waals surface area contributed by atoms with Crippen molar-refractivity contribution in [1.82, 2.24) is 0 Å². The number of ether oxygens (including phenoxy) is 1. The first-order valence-corrected chi connectivity index (χ1v) is 7.30. The first-order valence-electron chi connectivity index (χ1n) is 7.30. The molecule has 0 aliphatic rings. The number of carbonyl (C=O) groups is 2. The third-order valence-corrected chi connectivity index (χ3v) is 3.75. The Kier molecular flexibility index (Phi) is 5.61. The van der Waals surface area contributed by atoms with E-state index in [1.54, 1.807) is 12.1 Å². The molecule has 2 unspecified atom stereocenters. The molecule has 0 N–H and O–H groups in total. The van der Waals surface area contributed by atoms with Crippen LogP contribution in [0, 0.1) is 0 Å². The number of hydrogen-bond donors (Lipinski definition) is 0. The maximum Gasteiger partial charge on any atom is 0.163 e. The molecule has 0 heterocycles. The molecule has 0 saturated heterocycles. The zero-order valence-electron chi connectivity index (χ0n) is 12.9. The van der Waals surface area contributed by atoms with E-state index in [9.17, 15) is 9.59 Å². The molecule has 114 valence electrons. The van der Waals surface area contributed by atoms with Crippen molar-refractivity contribution >= 4 is 11.6 Å². The SMILES string of the molecule is COC(C(C)=O)C(CC(=O)c1ccccc1)c1ccccc1. The summed E-state index contributed by atoms with van der Waals surface area (Å²) < 4.78 is 5.36. The molecule has 0 amide bonds. The van der Waals surface area contributed by atoms with Crippen LogP contribution in [0.15, 0.2) is 60.7 Å². The first-order chi connectivity index (χ1) is 10.6. The van der Waals surface area contributed by atoms with Gasteiger partial charge in [0.25, 0.3) is 0 Å². The Balaban J connectivity index is 2.29. The monoisotopic (exact) mass is 296 g/mol. The summed E-state index contributed by atoms with van der Waals surface area (Å²) in [6.45, 7) is 1.50. The van der Waals surface area contributed by atoms with Gasteiger partial charge in [0.05, 0.1) is 0 Å². The maximum atomic E-state index is 12.5. The summed E-state index contributed by atoms with van der Waals surface area (Å²) in [5.41, 5.74) is 1.59. The van der Waals surface area contributed by atoms with E-state index in [4.69, 9.17) is 4.74 Å². The van der Waals surface area contributed by atoms with Gasteiger partial charge in [0, 0.05) is 25.0 Å². The zero-order chi connectivity index (χ0) is 15.9. The van der Waals surface area contributed by atoms with E-state index >= 15 is 0 Å². The molecular formula is C19H20O3. The highest BCUT2D eigenvalue weighted by atomic mass is 16.5. The molecule has 0 aliphatic heterocycles. The minimum Gasteiger partial charge on any atom is -0.373 e. The first kappa shape index (κ1) is 16.1. The van der Waals surface area contributed by atoms with Crippen molar-refractivity contribution in [2.45, 2.75) is 25.4 Å². The summed E-state index contributed by atoms with van der Waals surface area (Å²) >= 11 is 0. The van der Waals surface area contributed by atoms with Gasteiger partial charge in [-0.15, -0.1) is 0 Å². The third-order valence-electron chi connectivity index (χ3n) is 3.75. The Hall–Kier alpha value is -2.26. The Labute approximate surface area is 130 Å². The van der Waals surface area contributed by atoms with Crippen LogP contribution in [0.3, 0.4) is 0 Å². The standard InChI is InChI=1S/C19H20O3/c1-14(20)19(22-2)17(15-9-5-3-6-10-15)13-18(21)16-11-7-4-8-12-16/h3-12,17,19H,13H2,1-2H3. The van der Waals surface area contributed by atoms with Gasteiger partial charge >= 0.3 is 0 Å². The van der Waals surface area contributed by atoms with Crippen molar-refractivity contribution in [3.8, 4) is 0 Å². The quantitative estimate of drug-likeness (QED) is 0.733. The molecule has 2 aromatic rings. The average molecular weight is 296 g/mol. The minimum absolute atomic E-state index is 0.0118. The third kappa shape index (κ3) is 3.89. The molecule has 3 heteroatoms. The van der Waals surface area contributed by atoms with Crippen LogP contribution in [-0.2, 0) is 9.53 Å². The molecule has 0 saturated carbocycles.